The molecule has 0 aliphatic carbocycles. The summed E-state index contributed by atoms with van der Waals surface area (Å²) < 4.78 is 0. The lowest BCUT2D eigenvalue weighted by Gasteiger charge is -2.25. The van der Waals surface area contributed by atoms with Crippen molar-refractivity contribution >= 4 is 0 Å². The Hall–Kier alpha value is -0.500. The fraction of sp³-hybridized carbons (Fsp3) is 0.846. The molecule has 0 fully saturated rings. The van der Waals surface area contributed by atoms with Gasteiger partial charge in [-0.2, -0.15) is 0 Å². The van der Waals surface area contributed by atoms with E-state index < -0.39 is 0 Å². The van der Waals surface area contributed by atoms with Crippen molar-refractivity contribution in [3.63, 3.8) is 0 Å². The van der Waals surface area contributed by atoms with Gasteiger partial charge < -0.3 is 10.6 Å². The summed E-state index contributed by atoms with van der Waals surface area (Å²) in [7, 11) is 2.00. The zero-order valence-electron chi connectivity index (χ0n) is 11.1. The molecule has 0 aliphatic heterocycles. The lowest BCUT2D eigenvalue weighted by atomic mass is 9.90. The van der Waals surface area contributed by atoms with Gasteiger partial charge in [-0.1, -0.05) is 27.4 Å². The minimum atomic E-state index is 0.562. The minimum Gasteiger partial charge on any atom is -0.386 e. The molecule has 15 heavy (non-hydrogen) atoms. The van der Waals surface area contributed by atoms with Gasteiger partial charge in [0.05, 0.1) is 0 Å². The molecule has 2 atom stereocenters. The van der Waals surface area contributed by atoms with Gasteiger partial charge in [-0.3, -0.25) is 0 Å². The first kappa shape index (κ1) is 14.5. The summed E-state index contributed by atoms with van der Waals surface area (Å²) in [5.41, 5.74) is 1.08. The first-order valence-electron chi connectivity index (χ1n) is 6.04. The summed E-state index contributed by atoms with van der Waals surface area (Å²) in [6.07, 6.45) is 2.40. The van der Waals surface area contributed by atoms with Crippen LogP contribution in [0.5, 0.6) is 0 Å². The second-order valence-corrected chi connectivity index (χ2v) is 4.97. The molecular weight excluding hydrogens is 184 g/mol. The van der Waals surface area contributed by atoms with E-state index in [1.807, 2.05) is 14.0 Å². The highest BCUT2D eigenvalue weighted by Crippen LogP contribution is 2.17. The van der Waals surface area contributed by atoms with Crippen LogP contribution >= 0.6 is 0 Å². The van der Waals surface area contributed by atoms with E-state index in [4.69, 9.17) is 0 Å². The molecule has 2 unspecified atom stereocenters. The van der Waals surface area contributed by atoms with Crippen molar-refractivity contribution in [2.24, 2.45) is 11.8 Å². The molecule has 0 saturated carbocycles. The molecule has 0 bridgehead atoms. The maximum atomic E-state index is 3.92. The van der Waals surface area contributed by atoms with E-state index in [0.29, 0.717) is 6.04 Å². The normalized spacial score (nSPS) is 15.1. The van der Waals surface area contributed by atoms with Gasteiger partial charge in [0.25, 0.3) is 0 Å². The average Bonchev–Trinajstić information content (AvgIpc) is 2.13. The number of nitrogens with one attached hydrogen (secondary N) is 2. The van der Waals surface area contributed by atoms with Crippen molar-refractivity contribution in [1.29, 1.82) is 0 Å². The third-order valence-electron chi connectivity index (χ3n) is 2.99. The van der Waals surface area contributed by atoms with Crippen LogP contribution in [0.4, 0.5) is 0 Å². The standard InChI is InChI=1S/C13H28N2/c1-10(2)12(5)9-13(7-8-14-6)15-11(3)4/h10,12-15H,3,7-9H2,1-2,4-6H3. The Balaban J connectivity index is 4.04. The third-order valence-corrected chi connectivity index (χ3v) is 2.99. The molecule has 0 aromatic carbocycles. The van der Waals surface area contributed by atoms with Crippen molar-refractivity contribution < 1.29 is 0 Å². The van der Waals surface area contributed by atoms with E-state index in [2.05, 4.69) is 38.0 Å². The predicted octanol–water partition coefficient (Wildman–Crippen LogP) is 2.77. The first-order valence-corrected chi connectivity index (χ1v) is 6.04. The Labute approximate surface area is 95.5 Å². The van der Waals surface area contributed by atoms with Crippen LogP contribution in [0.3, 0.4) is 0 Å². The third kappa shape index (κ3) is 7.43. The van der Waals surface area contributed by atoms with Crippen LogP contribution in [-0.2, 0) is 0 Å². The molecule has 0 radical (unpaired) electrons. The predicted molar refractivity (Wildman–Crippen MR) is 68.9 cm³/mol. The minimum absolute atomic E-state index is 0.562. The Bertz CT molecular complexity index is 175. The zero-order valence-corrected chi connectivity index (χ0v) is 11.1. The molecule has 0 saturated heterocycles. The topological polar surface area (TPSA) is 24.1 Å². The monoisotopic (exact) mass is 212 g/mol. The van der Waals surface area contributed by atoms with Gasteiger partial charge in [-0.05, 0) is 45.2 Å². The zero-order chi connectivity index (χ0) is 11.8. The Morgan fingerprint density at radius 2 is 1.87 bits per heavy atom. The highest BCUT2D eigenvalue weighted by molar-refractivity contribution is 4.89. The van der Waals surface area contributed by atoms with E-state index in [1.165, 1.54) is 12.8 Å². The van der Waals surface area contributed by atoms with E-state index >= 15 is 0 Å². The molecule has 2 heteroatoms. The molecule has 0 aliphatic rings. The van der Waals surface area contributed by atoms with Gasteiger partial charge in [0.2, 0.25) is 0 Å². The van der Waals surface area contributed by atoms with E-state index in [1.54, 1.807) is 0 Å². The average molecular weight is 212 g/mol. The van der Waals surface area contributed by atoms with Crippen LogP contribution in [0.2, 0.25) is 0 Å². The number of hydrogen-bond acceptors (Lipinski definition) is 2. The summed E-state index contributed by atoms with van der Waals surface area (Å²) >= 11 is 0. The number of rotatable bonds is 8. The van der Waals surface area contributed by atoms with Crippen molar-refractivity contribution in [3.8, 4) is 0 Å². The fourth-order valence-electron chi connectivity index (χ4n) is 1.64. The molecule has 0 heterocycles. The van der Waals surface area contributed by atoms with Gasteiger partial charge in [-0.25, -0.2) is 0 Å². The molecule has 0 spiro atoms. The lowest BCUT2D eigenvalue weighted by Crippen LogP contribution is -2.32. The highest BCUT2D eigenvalue weighted by atomic mass is 14.9. The highest BCUT2D eigenvalue weighted by Gasteiger charge is 2.14. The van der Waals surface area contributed by atoms with Crippen LogP contribution in [-0.4, -0.2) is 19.6 Å². The molecule has 2 nitrogen and oxygen atoms in total. The molecule has 0 aromatic rings. The van der Waals surface area contributed by atoms with Gasteiger partial charge >= 0.3 is 0 Å². The number of allylic oxidation sites excluding steroid dienone is 1. The van der Waals surface area contributed by atoms with Crippen LogP contribution < -0.4 is 10.6 Å². The largest absolute Gasteiger partial charge is 0.386 e. The van der Waals surface area contributed by atoms with Gasteiger partial charge in [0, 0.05) is 11.7 Å². The maximum absolute atomic E-state index is 3.92. The Morgan fingerprint density at radius 1 is 1.27 bits per heavy atom. The number of hydrogen-bond donors (Lipinski definition) is 2. The Morgan fingerprint density at radius 3 is 2.27 bits per heavy atom. The van der Waals surface area contributed by atoms with Crippen molar-refractivity contribution in [3.05, 3.63) is 12.3 Å². The molecule has 90 valence electrons. The summed E-state index contributed by atoms with van der Waals surface area (Å²) in [5.74, 6) is 1.52. The van der Waals surface area contributed by atoms with Crippen molar-refractivity contribution in [2.45, 2.75) is 46.6 Å². The van der Waals surface area contributed by atoms with E-state index in [9.17, 15) is 0 Å². The summed E-state index contributed by atoms with van der Waals surface area (Å²) in [6, 6.07) is 0.562. The van der Waals surface area contributed by atoms with Gasteiger partial charge in [0.15, 0.2) is 0 Å². The molecule has 0 aromatic heterocycles. The summed E-state index contributed by atoms with van der Waals surface area (Å²) in [4.78, 5) is 0. The Kier molecular flexibility index (Phi) is 7.49. The second-order valence-electron chi connectivity index (χ2n) is 4.97. The molecular formula is C13H28N2. The van der Waals surface area contributed by atoms with Crippen LogP contribution in [0.1, 0.15) is 40.5 Å². The lowest BCUT2D eigenvalue weighted by molar-refractivity contribution is 0.331. The second kappa shape index (κ2) is 7.75. The smallest absolute Gasteiger partial charge is 0.0272 e. The molecule has 0 rings (SSSR count). The molecule has 0 amide bonds. The van der Waals surface area contributed by atoms with Crippen LogP contribution in [0.15, 0.2) is 12.3 Å². The maximum Gasteiger partial charge on any atom is 0.0272 e. The van der Waals surface area contributed by atoms with Crippen molar-refractivity contribution in [2.75, 3.05) is 13.6 Å². The SMILES string of the molecule is C=C(C)NC(CCNC)CC(C)C(C)C. The van der Waals surface area contributed by atoms with Crippen LogP contribution in [0.25, 0.3) is 0 Å². The van der Waals surface area contributed by atoms with Gasteiger partial charge in [0.1, 0.15) is 0 Å². The molecule has 2 N–H and O–H groups in total. The fourth-order valence-corrected chi connectivity index (χ4v) is 1.64. The van der Waals surface area contributed by atoms with E-state index in [-0.39, 0.29) is 0 Å². The quantitative estimate of drug-likeness (QED) is 0.646. The summed E-state index contributed by atoms with van der Waals surface area (Å²) in [6.45, 7) is 13.9. The van der Waals surface area contributed by atoms with Crippen molar-refractivity contribution in [1.82, 2.24) is 10.6 Å². The first-order chi connectivity index (χ1) is 6.97. The van der Waals surface area contributed by atoms with Crippen LogP contribution in [0, 0.1) is 11.8 Å². The van der Waals surface area contributed by atoms with E-state index in [0.717, 1.165) is 24.1 Å². The summed E-state index contributed by atoms with van der Waals surface area (Å²) in [5, 5.41) is 6.67. The van der Waals surface area contributed by atoms with Gasteiger partial charge in [-0.15, -0.1) is 0 Å².